The van der Waals surface area contributed by atoms with Crippen LogP contribution in [0.1, 0.15) is 11.3 Å². The van der Waals surface area contributed by atoms with E-state index in [0.29, 0.717) is 5.82 Å². The molecule has 7 heteroatoms. The number of anilines is 1. The Labute approximate surface area is 91.8 Å². The van der Waals surface area contributed by atoms with Gasteiger partial charge in [-0.1, -0.05) is 0 Å². The molecule has 3 N–H and O–H groups in total. The highest BCUT2D eigenvalue weighted by atomic mass is 16.5. The minimum atomic E-state index is -1.11. The minimum absolute atomic E-state index is 0.308. The number of ether oxygens (including phenoxy) is 1. The molecule has 0 fully saturated rings. The van der Waals surface area contributed by atoms with E-state index in [1.807, 2.05) is 13.8 Å². The van der Waals surface area contributed by atoms with Crippen molar-refractivity contribution in [1.29, 1.82) is 0 Å². The molecule has 0 aliphatic rings. The summed E-state index contributed by atoms with van der Waals surface area (Å²) in [5.41, 5.74) is 1.70. The van der Waals surface area contributed by atoms with E-state index in [9.17, 15) is 9.59 Å². The molecule has 0 aliphatic carbocycles. The molecule has 1 rings (SSSR count). The molecule has 0 atom stereocenters. The smallest absolute Gasteiger partial charge is 0.329 e. The standard InChI is InChI=1S/C9H13N3O4/c1-5-6(2)11-12-9(5)10-7(13)3-16-4-8(14)15/h3-4H2,1-2H3,(H,14,15)(H2,10,11,12,13). The van der Waals surface area contributed by atoms with Crippen molar-refractivity contribution < 1.29 is 19.4 Å². The molecular formula is C9H13N3O4. The van der Waals surface area contributed by atoms with Gasteiger partial charge in [-0.05, 0) is 13.8 Å². The summed E-state index contributed by atoms with van der Waals surface area (Å²) < 4.78 is 4.63. The van der Waals surface area contributed by atoms with Crippen LogP contribution in [0, 0.1) is 13.8 Å². The third-order valence-corrected chi connectivity index (χ3v) is 1.97. The van der Waals surface area contributed by atoms with Crippen LogP contribution in [0.15, 0.2) is 0 Å². The highest BCUT2D eigenvalue weighted by molar-refractivity contribution is 5.91. The molecule has 7 nitrogen and oxygen atoms in total. The number of hydrogen-bond donors (Lipinski definition) is 3. The normalized spacial score (nSPS) is 10.1. The Balaban J connectivity index is 2.40. The number of carboxylic acid groups (broad SMARTS) is 1. The number of nitrogens with one attached hydrogen (secondary N) is 2. The molecule has 1 amide bonds. The molecule has 1 heterocycles. The van der Waals surface area contributed by atoms with Gasteiger partial charge in [-0.3, -0.25) is 9.89 Å². The fourth-order valence-electron chi connectivity index (χ4n) is 1.01. The van der Waals surface area contributed by atoms with Gasteiger partial charge < -0.3 is 15.2 Å². The Hall–Kier alpha value is -1.89. The maximum atomic E-state index is 11.3. The van der Waals surface area contributed by atoms with E-state index in [4.69, 9.17) is 5.11 Å². The van der Waals surface area contributed by atoms with Gasteiger partial charge in [-0.15, -0.1) is 0 Å². The summed E-state index contributed by atoms with van der Waals surface area (Å²) in [6.45, 7) is 2.84. The van der Waals surface area contributed by atoms with Crippen LogP contribution >= 0.6 is 0 Å². The van der Waals surface area contributed by atoms with Crippen molar-refractivity contribution in [3.63, 3.8) is 0 Å². The second kappa shape index (κ2) is 5.26. The van der Waals surface area contributed by atoms with E-state index in [1.165, 1.54) is 0 Å². The largest absolute Gasteiger partial charge is 0.480 e. The predicted octanol–water partition coefficient (Wildman–Crippen LogP) is 0.0662. The summed E-state index contributed by atoms with van der Waals surface area (Å²) in [5.74, 6) is -1.11. The molecule has 1 aromatic rings. The van der Waals surface area contributed by atoms with Gasteiger partial charge in [0.15, 0.2) is 5.82 Å². The lowest BCUT2D eigenvalue weighted by atomic mass is 10.3. The van der Waals surface area contributed by atoms with E-state index in [1.54, 1.807) is 0 Å². The van der Waals surface area contributed by atoms with Gasteiger partial charge in [0.25, 0.3) is 5.91 Å². The average molecular weight is 227 g/mol. The first kappa shape index (κ1) is 12.2. The van der Waals surface area contributed by atoms with Crippen molar-refractivity contribution in [1.82, 2.24) is 10.2 Å². The Kier molecular flexibility index (Phi) is 4.01. The molecule has 0 unspecified atom stereocenters. The summed E-state index contributed by atoms with van der Waals surface area (Å²) >= 11 is 0. The number of rotatable bonds is 5. The lowest BCUT2D eigenvalue weighted by molar-refractivity contribution is -0.143. The SMILES string of the molecule is Cc1[nH]nc(NC(=O)COCC(=O)O)c1C. The van der Waals surface area contributed by atoms with Gasteiger partial charge in [-0.25, -0.2) is 4.79 Å². The van der Waals surface area contributed by atoms with Crippen LogP contribution in [-0.4, -0.2) is 40.4 Å². The quantitative estimate of drug-likeness (QED) is 0.660. The number of aromatic nitrogens is 2. The van der Waals surface area contributed by atoms with Crippen LogP contribution in [0.4, 0.5) is 5.82 Å². The van der Waals surface area contributed by atoms with Gasteiger partial charge in [0, 0.05) is 11.3 Å². The molecule has 0 aliphatic heterocycles. The number of amides is 1. The number of carbonyl (C=O) groups excluding carboxylic acids is 1. The molecule has 0 bridgehead atoms. The number of aryl methyl sites for hydroxylation is 1. The first-order valence-electron chi connectivity index (χ1n) is 4.61. The van der Waals surface area contributed by atoms with E-state index >= 15 is 0 Å². The fourth-order valence-corrected chi connectivity index (χ4v) is 1.01. The van der Waals surface area contributed by atoms with Gasteiger partial charge in [0.2, 0.25) is 0 Å². The maximum Gasteiger partial charge on any atom is 0.329 e. The molecule has 16 heavy (non-hydrogen) atoms. The third kappa shape index (κ3) is 3.35. The number of aromatic amines is 1. The minimum Gasteiger partial charge on any atom is -0.480 e. The van der Waals surface area contributed by atoms with Gasteiger partial charge in [0.05, 0.1) is 0 Å². The second-order valence-electron chi connectivity index (χ2n) is 3.26. The molecule has 1 aromatic heterocycles. The molecule has 0 saturated heterocycles. The Bertz CT molecular complexity index is 399. The maximum absolute atomic E-state index is 11.3. The van der Waals surface area contributed by atoms with Crippen LogP contribution in [0.25, 0.3) is 0 Å². The molecule has 88 valence electrons. The Morgan fingerprint density at radius 1 is 1.44 bits per heavy atom. The topological polar surface area (TPSA) is 104 Å². The molecule has 0 aromatic carbocycles. The third-order valence-electron chi connectivity index (χ3n) is 1.97. The van der Waals surface area contributed by atoms with Gasteiger partial charge in [-0.2, -0.15) is 5.10 Å². The predicted molar refractivity (Wildman–Crippen MR) is 55.1 cm³/mol. The Morgan fingerprint density at radius 3 is 2.62 bits per heavy atom. The van der Waals surface area contributed by atoms with E-state index < -0.39 is 18.5 Å². The fraction of sp³-hybridized carbons (Fsp3) is 0.444. The molecule has 0 saturated carbocycles. The number of aliphatic carboxylic acids is 1. The number of carboxylic acids is 1. The first-order chi connectivity index (χ1) is 7.50. The lowest BCUT2D eigenvalue weighted by Gasteiger charge is -2.02. The van der Waals surface area contributed by atoms with Gasteiger partial charge >= 0.3 is 5.97 Å². The van der Waals surface area contributed by atoms with Crippen LogP contribution in [-0.2, 0) is 14.3 Å². The number of hydrogen-bond acceptors (Lipinski definition) is 4. The highest BCUT2D eigenvalue weighted by Gasteiger charge is 2.09. The number of H-pyrrole nitrogens is 1. The molecular weight excluding hydrogens is 214 g/mol. The number of nitrogens with zero attached hydrogens (tertiary/aromatic N) is 1. The molecule has 0 spiro atoms. The monoisotopic (exact) mass is 227 g/mol. The second-order valence-corrected chi connectivity index (χ2v) is 3.26. The van der Waals surface area contributed by atoms with Crippen molar-refractivity contribution in [2.45, 2.75) is 13.8 Å². The van der Waals surface area contributed by atoms with Crippen molar-refractivity contribution >= 4 is 17.7 Å². The Morgan fingerprint density at radius 2 is 2.12 bits per heavy atom. The average Bonchev–Trinajstić information content (AvgIpc) is 2.49. The van der Waals surface area contributed by atoms with Crippen molar-refractivity contribution in [2.75, 3.05) is 18.5 Å². The van der Waals surface area contributed by atoms with Crippen LogP contribution in [0.5, 0.6) is 0 Å². The first-order valence-corrected chi connectivity index (χ1v) is 4.61. The van der Waals surface area contributed by atoms with E-state index in [-0.39, 0.29) is 6.61 Å². The summed E-state index contributed by atoms with van der Waals surface area (Å²) in [7, 11) is 0. The number of carbonyl (C=O) groups is 2. The summed E-state index contributed by atoms with van der Waals surface area (Å²) in [6.07, 6.45) is 0. The van der Waals surface area contributed by atoms with Crippen molar-refractivity contribution in [3.05, 3.63) is 11.3 Å². The van der Waals surface area contributed by atoms with Crippen LogP contribution in [0.3, 0.4) is 0 Å². The zero-order valence-electron chi connectivity index (χ0n) is 9.03. The van der Waals surface area contributed by atoms with E-state index in [0.717, 1.165) is 11.3 Å². The van der Waals surface area contributed by atoms with Crippen molar-refractivity contribution in [3.8, 4) is 0 Å². The molecule has 0 radical (unpaired) electrons. The van der Waals surface area contributed by atoms with Crippen LogP contribution in [0.2, 0.25) is 0 Å². The van der Waals surface area contributed by atoms with Gasteiger partial charge in [0.1, 0.15) is 13.2 Å². The van der Waals surface area contributed by atoms with Crippen molar-refractivity contribution in [2.24, 2.45) is 0 Å². The summed E-state index contributed by atoms with van der Waals surface area (Å²) in [5, 5.41) is 17.4. The summed E-state index contributed by atoms with van der Waals surface area (Å²) in [6, 6.07) is 0. The zero-order chi connectivity index (χ0) is 12.1. The lowest BCUT2D eigenvalue weighted by Crippen LogP contribution is -2.21. The van der Waals surface area contributed by atoms with E-state index in [2.05, 4.69) is 20.3 Å². The van der Waals surface area contributed by atoms with Crippen LogP contribution < -0.4 is 5.32 Å². The summed E-state index contributed by atoms with van der Waals surface area (Å²) in [4.78, 5) is 21.4. The highest BCUT2D eigenvalue weighted by Crippen LogP contribution is 2.13. The zero-order valence-corrected chi connectivity index (χ0v) is 9.03.